The van der Waals surface area contributed by atoms with Gasteiger partial charge in [0.1, 0.15) is 6.04 Å². The summed E-state index contributed by atoms with van der Waals surface area (Å²) < 4.78 is 1.01. The molecule has 2 aliphatic rings. The van der Waals surface area contributed by atoms with Gasteiger partial charge in [0.2, 0.25) is 5.91 Å². The molecule has 1 aromatic rings. The average Bonchev–Trinajstić information content (AvgIpc) is 3.05. The van der Waals surface area contributed by atoms with Crippen molar-refractivity contribution in [2.75, 3.05) is 18.0 Å². The molecule has 2 aliphatic heterocycles. The fourth-order valence-corrected chi connectivity index (χ4v) is 3.61. The van der Waals surface area contributed by atoms with Crippen LogP contribution in [0.25, 0.3) is 0 Å². The number of likely N-dealkylation sites (tertiary alicyclic amines) is 1. The molecule has 0 unspecified atom stereocenters. The maximum absolute atomic E-state index is 12.6. The van der Waals surface area contributed by atoms with E-state index in [1.807, 2.05) is 18.2 Å². The summed E-state index contributed by atoms with van der Waals surface area (Å²) in [6.45, 7) is 1.08. The molecule has 106 valence electrons. The van der Waals surface area contributed by atoms with Gasteiger partial charge >= 0.3 is 6.09 Å². The van der Waals surface area contributed by atoms with Crippen LogP contribution in [0.1, 0.15) is 18.4 Å². The largest absolute Gasteiger partial charge is 0.465 e. The first kappa shape index (κ1) is 13.4. The lowest BCUT2D eigenvalue weighted by Gasteiger charge is -2.26. The van der Waals surface area contributed by atoms with Crippen molar-refractivity contribution in [2.45, 2.75) is 25.3 Å². The number of hydrogen-bond donors (Lipinski definition) is 1. The SMILES string of the molecule is O=C([C@@H]1CCCN1C(=O)O)N1CCc2c(Br)cccc21. The number of hydrogen-bond acceptors (Lipinski definition) is 2. The van der Waals surface area contributed by atoms with Crippen molar-refractivity contribution in [2.24, 2.45) is 0 Å². The summed E-state index contributed by atoms with van der Waals surface area (Å²) in [6, 6.07) is 5.26. The Labute approximate surface area is 125 Å². The molecule has 0 aliphatic carbocycles. The normalized spacial score (nSPS) is 21.1. The number of rotatable bonds is 1. The van der Waals surface area contributed by atoms with E-state index in [1.54, 1.807) is 4.90 Å². The summed E-state index contributed by atoms with van der Waals surface area (Å²) in [5.41, 5.74) is 2.03. The van der Waals surface area contributed by atoms with Crippen molar-refractivity contribution < 1.29 is 14.7 Å². The van der Waals surface area contributed by atoms with E-state index >= 15 is 0 Å². The van der Waals surface area contributed by atoms with Crippen LogP contribution in [-0.2, 0) is 11.2 Å². The minimum Gasteiger partial charge on any atom is -0.465 e. The molecule has 1 atom stereocenters. The van der Waals surface area contributed by atoms with Gasteiger partial charge in [-0.25, -0.2) is 4.79 Å². The molecule has 3 rings (SSSR count). The summed E-state index contributed by atoms with van der Waals surface area (Å²) in [5.74, 6) is -0.0956. The Balaban J connectivity index is 1.87. The van der Waals surface area contributed by atoms with E-state index in [1.165, 1.54) is 4.90 Å². The molecule has 1 fully saturated rings. The van der Waals surface area contributed by atoms with Crippen LogP contribution in [0.2, 0.25) is 0 Å². The molecule has 1 saturated heterocycles. The Hall–Kier alpha value is -1.56. The fourth-order valence-electron chi connectivity index (χ4n) is 3.05. The summed E-state index contributed by atoms with van der Waals surface area (Å²) in [6.07, 6.45) is 1.17. The smallest absolute Gasteiger partial charge is 0.407 e. The second-order valence-electron chi connectivity index (χ2n) is 5.11. The molecule has 0 bridgehead atoms. The Morgan fingerprint density at radius 1 is 1.30 bits per heavy atom. The Morgan fingerprint density at radius 3 is 2.85 bits per heavy atom. The molecule has 2 amide bonds. The minimum absolute atomic E-state index is 0.0956. The molecule has 2 heterocycles. The van der Waals surface area contributed by atoms with Crippen LogP contribution in [-0.4, -0.2) is 41.1 Å². The molecule has 0 saturated carbocycles. The van der Waals surface area contributed by atoms with E-state index in [0.717, 1.165) is 28.6 Å². The lowest BCUT2D eigenvalue weighted by molar-refractivity contribution is -0.122. The van der Waals surface area contributed by atoms with Gasteiger partial charge in [-0.15, -0.1) is 0 Å². The summed E-state index contributed by atoms with van der Waals surface area (Å²) in [4.78, 5) is 26.8. The highest BCUT2D eigenvalue weighted by Crippen LogP contribution is 2.35. The molecule has 0 spiro atoms. The van der Waals surface area contributed by atoms with Crippen molar-refractivity contribution >= 4 is 33.6 Å². The van der Waals surface area contributed by atoms with Crippen LogP contribution < -0.4 is 4.90 Å². The number of halogens is 1. The lowest BCUT2D eigenvalue weighted by atomic mass is 10.1. The van der Waals surface area contributed by atoms with Crippen molar-refractivity contribution in [3.8, 4) is 0 Å². The molecule has 1 N–H and O–H groups in total. The molecule has 0 radical (unpaired) electrons. The van der Waals surface area contributed by atoms with E-state index in [-0.39, 0.29) is 5.91 Å². The van der Waals surface area contributed by atoms with Gasteiger partial charge in [-0.3, -0.25) is 9.69 Å². The third-order valence-corrected chi connectivity index (χ3v) is 4.76. The number of anilines is 1. The highest BCUT2D eigenvalue weighted by molar-refractivity contribution is 9.10. The first-order chi connectivity index (χ1) is 9.59. The highest BCUT2D eigenvalue weighted by atomic mass is 79.9. The van der Waals surface area contributed by atoms with Crippen LogP contribution in [0.3, 0.4) is 0 Å². The van der Waals surface area contributed by atoms with Crippen molar-refractivity contribution in [3.05, 3.63) is 28.2 Å². The number of carbonyl (C=O) groups is 2. The molecule has 20 heavy (non-hydrogen) atoms. The Bertz CT molecular complexity index is 576. The van der Waals surface area contributed by atoms with Gasteiger partial charge < -0.3 is 10.0 Å². The van der Waals surface area contributed by atoms with Gasteiger partial charge in [0.05, 0.1) is 0 Å². The number of benzene rings is 1. The summed E-state index contributed by atoms with van der Waals surface area (Å²) in [5, 5.41) is 9.16. The quantitative estimate of drug-likeness (QED) is 0.855. The predicted octanol–water partition coefficient (Wildman–Crippen LogP) is 2.48. The predicted molar refractivity (Wildman–Crippen MR) is 78.0 cm³/mol. The van der Waals surface area contributed by atoms with Crippen molar-refractivity contribution in [1.82, 2.24) is 4.90 Å². The first-order valence-corrected chi connectivity index (χ1v) is 7.47. The van der Waals surface area contributed by atoms with Gasteiger partial charge in [-0.2, -0.15) is 0 Å². The van der Waals surface area contributed by atoms with E-state index in [2.05, 4.69) is 15.9 Å². The maximum Gasteiger partial charge on any atom is 0.407 e. The van der Waals surface area contributed by atoms with E-state index in [4.69, 9.17) is 5.11 Å². The van der Waals surface area contributed by atoms with Gasteiger partial charge in [-0.05, 0) is 37.0 Å². The van der Waals surface area contributed by atoms with E-state index < -0.39 is 12.1 Å². The zero-order valence-electron chi connectivity index (χ0n) is 10.9. The van der Waals surface area contributed by atoms with E-state index in [0.29, 0.717) is 19.5 Å². The Morgan fingerprint density at radius 2 is 2.10 bits per heavy atom. The number of carboxylic acid groups (broad SMARTS) is 1. The number of carbonyl (C=O) groups excluding carboxylic acids is 1. The van der Waals surface area contributed by atoms with Crippen LogP contribution in [0.15, 0.2) is 22.7 Å². The second kappa shape index (κ2) is 5.09. The molecular formula is C14H15BrN2O3. The van der Waals surface area contributed by atoms with Gasteiger partial charge in [0.25, 0.3) is 0 Å². The topological polar surface area (TPSA) is 60.9 Å². The standard InChI is InChI=1S/C14H15BrN2O3/c15-10-3-1-4-11-9(10)6-8-16(11)13(18)12-5-2-7-17(12)14(19)20/h1,3-4,12H,2,5-8H2,(H,19,20)/t12-/m0/s1. The van der Waals surface area contributed by atoms with Gasteiger partial charge in [-0.1, -0.05) is 22.0 Å². The summed E-state index contributed by atoms with van der Waals surface area (Å²) in [7, 11) is 0. The lowest BCUT2D eigenvalue weighted by Crippen LogP contribution is -2.47. The number of amides is 2. The molecule has 1 aromatic carbocycles. The van der Waals surface area contributed by atoms with Gasteiger partial charge in [0, 0.05) is 23.2 Å². The van der Waals surface area contributed by atoms with Crippen molar-refractivity contribution in [3.63, 3.8) is 0 Å². The monoisotopic (exact) mass is 338 g/mol. The second-order valence-corrected chi connectivity index (χ2v) is 5.97. The molecule has 0 aromatic heterocycles. The number of fused-ring (bicyclic) bond motifs is 1. The van der Waals surface area contributed by atoms with Gasteiger partial charge in [0.15, 0.2) is 0 Å². The maximum atomic E-state index is 12.6. The zero-order valence-corrected chi connectivity index (χ0v) is 12.5. The van der Waals surface area contributed by atoms with Crippen LogP contribution in [0.5, 0.6) is 0 Å². The average molecular weight is 339 g/mol. The fraction of sp³-hybridized carbons (Fsp3) is 0.429. The Kier molecular flexibility index (Phi) is 3.41. The van der Waals surface area contributed by atoms with Crippen LogP contribution >= 0.6 is 15.9 Å². The molecule has 5 nitrogen and oxygen atoms in total. The van der Waals surface area contributed by atoms with Crippen LogP contribution in [0.4, 0.5) is 10.5 Å². The zero-order chi connectivity index (χ0) is 14.3. The number of nitrogens with zero attached hydrogens (tertiary/aromatic N) is 2. The molecular weight excluding hydrogens is 324 g/mol. The highest BCUT2D eigenvalue weighted by Gasteiger charge is 2.38. The summed E-state index contributed by atoms with van der Waals surface area (Å²) >= 11 is 3.50. The molecule has 6 heteroatoms. The van der Waals surface area contributed by atoms with Crippen molar-refractivity contribution in [1.29, 1.82) is 0 Å². The third-order valence-electron chi connectivity index (χ3n) is 4.02. The van der Waals surface area contributed by atoms with E-state index in [9.17, 15) is 9.59 Å². The third kappa shape index (κ3) is 2.08. The first-order valence-electron chi connectivity index (χ1n) is 6.68. The minimum atomic E-state index is -1.01. The van der Waals surface area contributed by atoms with Crippen LogP contribution in [0, 0.1) is 0 Å².